The van der Waals surface area contributed by atoms with Crippen molar-refractivity contribution in [2.75, 3.05) is 13.7 Å². The number of hydrogen-bond donors (Lipinski definition) is 4. The summed E-state index contributed by atoms with van der Waals surface area (Å²) in [7, 11) is 1.24. The van der Waals surface area contributed by atoms with Crippen molar-refractivity contribution in [3.05, 3.63) is 114 Å². The Kier molecular flexibility index (Phi) is 17.9. The average molecular weight is 803 g/mol. The number of hydrogen-bond acceptors (Lipinski definition) is 12. The van der Waals surface area contributed by atoms with Crippen molar-refractivity contribution in [3.63, 3.8) is 0 Å². The van der Waals surface area contributed by atoms with Crippen LogP contribution in [0.15, 0.2) is 101 Å². The maximum Gasteiger partial charge on any atom is 0.408 e. The molecule has 0 spiro atoms. The van der Waals surface area contributed by atoms with Gasteiger partial charge in [0.05, 0.1) is 12.4 Å². The van der Waals surface area contributed by atoms with Gasteiger partial charge in [0, 0.05) is 6.54 Å². The fourth-order valence-electron chi connectivity index (χ4n) is 5.47. The topological polar surface area (TPSA) is 200 Å². The van der Waals surface area contributed by atoms with E-state index in [1.807, 2.05) is 91.0 Å². The highest BCUT2D eigenvalue weighted by atomic mass is 32.2. The highest BCUT2D eigenvalue weighted by Crippen LogP contribution is 2.28. The van der Waals surface area contributed by atoms with Gasteiger partial charge in [-0.05, 0) is 55.2 Å². The number of methoxy groups -OCH3 is 1. The number of nitrogens with zero attached hydrogens (tertiary/aromatic N) is 2. The van der Waals surface area contributed by atoms with E-state index >= 15 is 0 Å². The maximum atomic E-state index is 13.8. The zero-order valence-electron chi connectivity index (χ0n) is 32.5. The third kappa shape index (κ3) is 15.3. The van der Waals surface area contributed by atoms with E-state index in [0.717, 1.165) is 28.5 Å². The molecule has 1 aromatic heterocycles. The van der Waals surface area contributed by atoms with Crippen molar-refractivity contribution in [3.8, 4) is 0 Å². The third-order valence-electron chi connectivity index (χ3n) is 8.59. The Hall–Kier alpha value is -5.90. The van der Waals surface area contributed by atoms with E-state index < -0.39 is 53.3 Å². The molecule has 57 heavy (non-hydrogen) atoms. The van der Waals surface area contributed by atoms with Crippen LogP contribution in [0.1, 0.15) is 68.7 Å². The minimum atomic E-state index is -0.968. The first-order valence-corrected chi connectivity index (χ1v) is 19.5. The number of carbonyl (C=O) groups is 5. The van der Waals surface area contributed by atoms with Gasteiger partial charge in [-0.15, -0.1) is 10.2 Å². The summed E-state index contributed by atoms with van der Waals surface area (Å²) >= 11 is 1.02. The summed E-state index contributed by atoms with van der Waals surface area (Å²) in [6.45, 7) is 5.59. The van der Waals surface area contributed by atoms with Crippen molar-refractivity contribution in [2.24, 2.45) is 5.92 Å². The highest BCUT2D eigenvalue weighted by Gasteiger charge is 2.31. The van der Waals surface area contributed by atoms with Gasteiger partial charge in [-0.3, -0.25) is 9.59 Å². The minimum Gasteiger partial charge on any atom is -0.467 e. The molecular weight excluding hydrogens is 753 g/mol. The van der Waals surface area contributed by atoms with Gasteiger partial charge in [0.2, 0.25) is 17.7 Å². The van der Waals surface area contributed by atoms with Crippen LogP contribution in [0.3, 0.4) is 0 Å². The summed E-state index contributed by atoms with van der Waals surface area (Å²) in [5, 5.41) is 18.8. The van der Waals surface area contributed by atoms with Crippen LogP contribution in [0.5, 0.6) is 0 Å². The Morgan fingerprint density at radius 1 is 0.702 bits per heavy atom. The number of benzene rings is 3. The van der Waals surface area contributed by atoms with Crippen molar-refractivity contribution in [1.29, 1.82) is 0 Å². The van der Waals surface area contributed by atoms with Gasteiger partial charge in [-0.2, -0.15) is 0 Å². The molecule has 0 aliphatic rings. The SMILES string of the molecule is COC(=O)[C@H](C)NC(=O)[C@@H](Cc1ccccc1)Sc1nnc([C@H](CCCCNC(=O)OCc2ccccc2)NC(=O)[C@@H](NC(=O)OCc2ccccc2)C(C)C)o1. The second-order valence-corrected chi connectivity index (χ2v) is 14.6. The van der Waals surface area contributed by atoms with E-state index in [4.69, 9.17) is 18.6 Å². The van der Waals surface area contributed by atoms with Crippen LogP contribution < -0.4 is 21.3 Å². The monoisotopic (exact) mass is 802 g/mol. The first-order chi connectivity index (χ1) is 27.5. The van der Waals surface area contributed by atoms with Gasteiger partial charge >= 0.3 is 18.2 Å². The first kappa shape index (κ1) is 43.8. The predicted molar refractivity (Wildman–Crippen MR) is 211 cm³/mol. The molecule has 0 aliphatic heterocycles. The van der Waals surface area contributed by atoms with E-state index in [-0.39, 0.29) is 36.7 Å². The molecule has 4 N–H and O–H groups in total. The molecule has 0 aliphatic carbocycles. The number of ether oxygens (including phenoxy) is 3. The van der Waals surface area contributed by atoms with E-state index in [0.29, 0.717) is 25.8 Å². The van der Waals surface area contributed by atoms with E-state index in [2.05, 4.69) is 31.5 Å². The van der Waals surface area contributed by atoms with Crippen LogP contribution in [0.2, 0.25) is 0 Å². The van der Waals surface area contributed by atoms with Crippen molar-refractivity contribution < 1.29 is 42.6 Å². The molecule has 16 heteroatoms. The Balaban J connectivity index is 1.44. The summed E-state index contributed by atoms with van der Waals surface area (Å²) < 4.78 is 21.5. The molecule has 4 atom stereocenters. The number of unbranched alkanes of at least 4 members (excludes halogenated alkanes) is 1. The maximum absolute atomic E-state index is 13.8. The van der Waals surface area contributed by atoms with Gasteiger partial charge in [0.15, 0.2) is 0 Å². The number of thioether (sulfide) groups is 1. The van der Waals surface area contributed by atoms with Gasteiger partial charge in [0.1, 0.15) is 31.3 Å². The zero-order valence-corrected chi connectivity index (χ0v) is 33.3. The molecule has 0 unspecified atom stereocenters. The number of rotatable bonds is 21. The van der Waals surface area contributed by atoms with E-state index in [1.54, 1.807) is 13.8 Å². The molecule has 0 saturated heterocycles. The molecule has 0 saturated carbocycles. The standard InChI is InChI=1S/C41H50N6O9S/c1-27(2)34(45-40(52)55-26-31-20-12-7-13-21-31)36(49)44-32(22-14-15-23-42-39(51)54-25-30-18-10-6-11-19-30)37-46-47-41(56-37)57-33(24-29-16-8-5-9-17-29)35(48)43-28(3)38(50)53-4/h5-13,16-21,27-28,32-34H,14-15,22-26H2,1-4H3,(H,42,51)(H,43,48)(H,44,49)(H,45,52)/t28-,32-,33+,34-/m0/s1. The molecule has 4 aromatic rings. The van der Waals surface area contributed by atoms with E-state index in [9.17, 15) is 24.0 Å². The lowest BCUT2D eigenvalue weighted by Crippen LogP contribution is -2.50. The van der Waals surface area contributed by atoms with Crippen LogP contribution in [0.25, 0.3) is 0 Å². The molecule has 0 fully saturated rings. The minimum absolute atomic E-state index is 0.0306. The smallest absolute Gasteiger partial charge is 0.408 e. The number of carbonyl (C=O) groups excluding carboxylic acids is 5. The third-order valence-corrected chi connectivity index (χ3v) is 9.62. The summed E-state index contributed by atoms with van der Waals surface area (Å²) in [6.07, 6.45) is 0.340. The summed E-state index contributed by atoms with van der Waals surface area (Å²) in [4.78, 5) is 64.3. The predicted octanol–water partition coefficient (Wildman–Crippen LogP) is 5.66. The average Bonchev–Trinajstić information content (AvgIpc) is 3.69. The number of nitrogens with one attached hydrogen (secondary N) is 4. The lowest BCUT2D eigenvalue weighted by Gasteiger charge is -2.24. The van der Waals surface area contributed by atoms with Crippen molar-refractivity contribution in [2.45, 2.75) is 88.3 Å². The van der Waals surface area contributed by atoms with Crippen LogP contribution in [0, 0.1) is 5.92 Å². The molecule has 0 radical (unpaired) electrons. The van der Waals surface area contributed by atoms with Crippen LogP contribution in [-0.4, -0.2) is 71.2 Å². The second-order valence-electron chi connectivity index (χ2n) is 13.4. The number of alkyl carbamates (subject to hydrolysis) is 2. The summed E-state index contributed by atoms with van der Waals surface area (Å²) in [5.41, 5.74) is 2.53. The van der Waals surface area contributed by atoms with Gasteiger partial charge in [0.25, 0.3) is 5.22 Å². The quantitative estimate of drug-likeness (QED) is 0.0350. The first-order valence-electron chi connectivity index (χ1n) is 18.7. The Labute approximate surface area is 336 Å². The fourth-order valence-corrected chi connectivity index (χ4v) is 6.39. The molecule has 3 aromatic carbocycles. The normalized spacial score (nSPS) is 13.0. The number of esters is 1. The largest absolute Gasteiger partial charge is 0.467 e. The Morgan fingerprint density at radius 2 is 1.28 bits per heavy atom. The summed E-state index contributed by atoms with van der Waals surface area (Å²) in [5.74, 6) is -1.77. The zero-order chi connectivity index (χ0) is 41.0. The van der Waals surface area contributed by atoms with Crippen LogP contribution >= 0.6 is 11.8 Å². The van der Waals surface area contributed by atoms with Crippen LogP contribution in [0.4, 0.5) is 9.59 Å². The molecule has 1 heterocycles. The lowest BCUT2D eigenvalue weighted by atomic mass is 10.0. The molecule has 4 rings (SSSR count). The van der Waals surface area contributed by atoms with Gasteiger partial charge < -0.3 is 39.9 Å². The molecule has 15 nitrogen and oxygen atoms in total. The number of aromatic nitrogens is 2. The second kappa shape index (κ2) is 23.2. The molecule has 304 valence electrons. The summed E-state index contributed by atoms with van der Waals surface area (Å²) in [6, 6.07) is 25.2. The molecular formula is C41H50N6O9S. The number of amides is 4. The molecule has 0 bridgehead atoms. The molecule has 4 amide bonds. The highest BCUT2D eigenvalue weighted by molar-refractivity contribution is 8.00. The van der Waals surface area contributed by atoms with Crippen molar-refractivity contribution >= 4 is 41.7 Å². The lowest BCUT2D eigenvalue weighted by molar-refractivity contribution is -0.144. The van der Waals surface area contributed by atoms with Crippen LogP contribution in [-0.2, 0) is 48.2 Å². The Morgan fingerprint density at radius 3 is 1.86 bits per heavy atom. The Bertz CT molecular complexity index is 1860. The van der Waals surface area contributed by atoms with Gasteiger partial charge in [-0.1, -0.05) is 117 Å². The van der Waals surface area contributed by atoms with E-state index in [1.165, 1.54) is 14.0 Å². The fraction of sp³-hybridized carbons (Fsp3) is 0.390. The van der Waals surface area contributed by atoms with Crippen molar-refractivity contribution in [1.82, 2.24) is 31.5 Å². The van der Waals surface area contributed by atoms with Gasteiger partial charge in [-0.25, -0.2) is 14.4 Å².